The Balaban J connectivity index is 3.72. The second-order valence-corrected chi connectivity index (χ2v) is 3.26. The number of hydrogen-bond donors (Lipinski definition) is 0. The molecule has 0 saturated heterocycles. The van der Waals surface area contributed by atoms with Crippen LogP contribution < -0.4 is 0 Å². The van der Waals surface area contributed by atoms with E-state index in [2.05, 4.69) is 6.66 Å². The molecule has 0 amide bonds. The number of allylic oxidation sites excluding steroid dienone is 1. The molecule has 0 aliphatic carbocycles. The van der Waals surface area contributed by atoms with Gasteiger partial charge in [0.15, 0.2) is 0 Å². The second kappa shape index (κ2) is 3.46. The van der Waals surface area contributed by atoms with Crippen LogP contribution in [-0.4, -0.2) is 6.66 Å². The Morgan fingerprint density at radius 1 is 1.43 bits per heavy atom. The molecule has 0 aromatic heterocycles. The fraction of sp³-hybridized carbons (Fsp3) is 0.600. The van der Waals surface area contributed by atoms with Gasteiger partial charge in [0, 0.05) is 4.77 Å². The van der Waals surface area contributed by atoms with E-state index >= 15 is 0 Å². The lowest BCUT2D eigenvalue weighted by atomic mass is 10.4. The number of rotatable bonds is 1. The zero-order valence-corrected chi connectivity index (χ0v) is 6.63. The van der Waals surface area contributed by atoms with Crippen LogP contribution in [-0.2, 0) is 0 Å². The van der Waals surface area contributed by atoms with Crippen molar-refractivity contribution < 1.29 is 0 Å². The number of halogens is 1. The first-order valence-electron chi connectivity index (χ1n) is 2.19. The third-order valence-corrected chi connectivity index (χ3v) is 2.54. The fourth-order valence-electron chi connectivity index (χ4n) is 0.250. The molecule has 0 aliphatic rings. The highest BCUT2D eigenvalue weighted by Gasteiger charge is 1.85. The molecule has 7 heavy (non-hydrogen) atoms. The van der Waals surface area contributed by atoms with Crippen molar-refractivity contribution in [2.75, 3.05) is 6.66 Å². The molecule has 2 heteroatoms. The van der Waals surface area contributed by atoms with Gasteiger partial charge in [-0.15, -0.1) is 0 Å². The van der Waals surface area contributed by atoms with Crippen molar-refractivity contribution in [2.45, 2.75) is 13.8 Å². The van der Waals surface area contributed by atoms with Crippen molar-refractivity contribution in [3.63, 3.8) is 0 Å². The monoisotopic (exact) mass is 136 g/mol. The Hall–Kier alpha value is 0.460. The molecule has 0 aromatic rings. The van der Waals surface area contributed by atoms with Crippen molar-refractivity contribution in [3.05, 3.63) is 10.3 Å². The van der Waals surface area contributed by atoms with Crippen molar-refractivity contribution in [1.29, 1.82) is 0 Å². The highest BCUT2D eigenvalue weighted by molar-refractivity contribution is 7.45. The standard InChI is InChI=1S/C5H10ClP/c1-4(2)5(6)7-3/h7H,1-3H3. The maximum atomic E-state index is 5.69. The van der Waals surface area contributed by atoms with Gasteiger partial charge in [0.05, 0.1) is 0 Å². The molecule has 0 spiro atoms. The SMILES string of the molecule is CPC(Cl)=C(C)C. The quantitative estimate of drug-likeness (QED) is 0.487. The van der Waals surface area contributed by atoms with E-state index in [1.807, 2.05) is 13.8 Å². The van der Waals surface area contributed by atoms with Crippen molar-refractivity contribution in [3.8, 4) is 0 Å². The Kier molecular flexibility index (Phi) is 3.69. The van der Waals surface area contributed by atoms with E-state index in [-0.39, 0.29) is 0 Å². The summed E-state index contributed by atoms with van der Waals surface area (Å²) in [6.45, 7) is 6.13. The first-order chi connectivity index (χ1) is 3.18. The van der Waals surface area contributed by atoms with Crippen LogP contribution in [0.3, 0.4) is 0 Å². The molecular weight excluding hydrogens is 126 g/mol. The van der Waals surface area contributed by atoms with Crippen LogP contribution >= 0.6 is 20.2 Å². The second-order valence-electron chi connectivity index (χ2n) is 1.56. The average Bonchev–Trinajstić information content (AvgIpc) is 1.65. The smallest absolute Gasteiger partial charge is 0.0365 e. The van der Waals surface area contributed by atoms with Crippen molar-refractivity contribution in [2.24, 2.45) is 0 Å². The van der Waals surface area contributed by atoms with Crippen LogP contribution in [0.4, 0.5) is 0 Å². The zero-order valence-electron chi connectivity index (χ0n) is 4.88. The third-order valence-electron chi connectivity index (χ3n) is 0.658. The average molecular weight is 137 g/mol. The molecular formula is C5H10ClP. The minimum absolute atomic E-state index is 0.757. The highest BCUT2D eigenvalue weighted by Crippen LogP contribution is 2.25. The van der Waals surface area contributed by atoms with Crippen LogP contribution in [0.25, 0.3) is 0 Å². The molecule has 0 N–H and O–H groups in total. The van der Waals surface area contributed by atoms with Crippen molar-refractivity contribution in [1.82, 2.24) is 0 Å². The summed E-state index contributed by atoms with van der Waals surface area (Å²) in [5.41, 5.74) is 1.24. The summed E-state index contributed by atoms with van der Waals surface area (Å²) in [4.78, 5) is 0. The van der Waals surface area contributed by atoms with Gasteiger partial charge in [0.25, 0.3) is 0 Å². The largest absolute Gasteiger partial charge is 0.0843 e. The summed E-state index contributed by atoms with van der Waals surface area (Å²) >= 11 is 5.69. The molecule has 0 aliphatic heterocycles. The Morgan fingerprint density at radius 3 is 1.86 bits per heavy atom. The van der Waals surface area contributed by atoms with Gasteiger partial charge in [-0.05, 0) is 20.5 Å². The molecule has 0 rings (SSSR count). The van der Waals surface area contributed by atoms with Gasteiger partial charge in [0.2, 0.25) is 0 Å². The molecule has 1 unspecified atom stereocenters. The molecule has 1 atom stereocenters. The lowest BCUT2D eigenvalue weighted by Gasteiger charge is -1.91. The summed E-state index contributed by atoms with van der Waals surface area (Å²) in [6.07, 6.45) is 0. The predicted octanol–water partition coefficient (Wildman–Crippen LogP) is 2.78. The van der Waals surface area contributed by atoms with Gasteiger partial charge >= 0.3 is 0 Å². The summed E-state index contributed by atoms with van der Waals surface area (Å²) in [6, 6.07) is 0. The minimum Gasteiger partial charge on any atom is -0.0843 e. The van der Waals surface area contributed by atoms with Gasteiger partial charge in [-0.25, -0.2) is 0 Å². The van der Waals surface area contributed by atoms with E-state index in [1.165, 1.54) is 5.57 Å². The molecule has 0 nitrogen and oxygen atoms in total. The molecule has 0 radical (unpaired) electrons. The van der Waals surface area contributed by atoms with E-state index in [9.17, 15) is 0 Å². The molecule has 0 aromatic carbocycles. The van der Waals surface area contributed by atoms with E-state index < -0.39 is 0 Å². The molecule has 0 fully saturated rings. The third kappa shape index (κ3) is 3.08. The van der Waals surface area contributed by atoms with Gasteiger partial charge in [-0.2, -0.15) is 0 Å². The zero-order chi connectivity index (χ0) is 5.86. The van der Waals surface area contributed by atoms with Gasteiger partial charge in [0.1, 0.15) is 0 Å². The summed E-state index contributed by atoms with van der Waals surface area (Å²) < 4.78 is 1.01. The Labute approximate surface area is 51.7 Å². The van der Waals surface area contributed by atoms with Crippen LogP contribution in [0.15, 0.2) is 10.3 Å². The lowest BCUT2D eigenvalue weighted by molar-refractivity contribution is 1.40. The maximum absolute atomic E-state index is 5.69. The molecule has 42 valence electrons. The van der Waals surface area contributed by atoms with E-state index in [0.29, 0.717) is 0 Å². The highest BCUT2D eigenvalue weighted by atomic mass is 35.5. The summed E-state index contributed by atoms with van der Waals surface area (Å²) in [5, 5.41) is 0. The van der Waals surface area contributed by atoms with Crippen LogP contribution in [0.1, 0.15) is 13.8 Å². The first kappa shape index (κ1) is 7.46. The first-order valence-corrected chi connectivity index (χ1v) is 4.07. The van der Waals surface area contributed by atoms with Crippen LogP contribution in [0.5, 0.6) is 0 Å². The van der Waals surface area contributed by atoms with Crippen molar-refractivity contribution >= 4 is 20.2 Å². The van der Waals surface area contributed by atoms with E-state index in [0.717, 1.165) is 13.4 Å². The van der Waals surface area contributed by atoms with E-state index in [4.69, 9.17) is 11.6 Å². The fourth-order valence-corrected chi connectivity index (χ4v) is 0.750. The van der Waals surface area contributed by atoms with Crippen LogP contribution in [0.2, 0.25) is 0 Å². The van der Waals surface area contributed by atoms with Gasteiger partial charge < -0.3 is 0 Å². The molecule has 0 saturated carbocycles. The summed E-state index contributed by atoms with van der Waals surface area (Å²) in [5.74, 6) is 0. The topological polar surface area (TPSA) is 0 Å². The van der Waals surface area contributed by atoms with Crippen LogP contribution in [0, 0.1) is 0 Å². The predicted molar refractivity (Wildman–Crippen MR) is 38.5 cm³/mol. The lowest BCUT2D eigenvalue weighted by Crippen LogP contribution is -1.62. The molecule has 0 heterocycles. The summed E-state index contributed by atoms with van der Waals surface area (Å²) in [7, 11) is 0.757. The molecule has 0 bridgehead atoms. The van der Waals surface area contributed by atoms with E-state index in [1.54, 1.807) is 0 Å². The normalized spacial score (nSPS) is 10.3. The minimum atomic E-state index is 0.757. The van der Waals surface area contributed by atoms with Gasteiger partial charge in [-0.3, -0.25) is 0 Å². The van der Waals surface area contributed by atoms with Gasteiger partial charge in [-0.1, -0.05) is 25.8 Å². The Morgan fingerprint density at radius 2 is 1.86 bits per heavy atom. The number of hydrogen-bond acceptors (Lipinski definition) is 0. The maximum Gasteiger partial charge on any atom is 0.0365 e. The Bertz CT molecular complexity index is 82.1.